The number of carbonyl (C=O) groups excluding carboxylic acids is 2. The molecule has 2 heterocycles. The van der Waals surface area contributed by atoms with Crippen LogP contribution in [-0.4, -0.2) is 34.5 Å². The highest BCUT2D eigenvalue weighted by Gasteiger charge is 2.34. The van der Waals surface area contributed by atoms with Gasteiger partial charge in [-0.2, -0.15) is 0 Å². The topological polar surface area (TPSA) is 84.7 Å². The highest BCUT2D eigenvalue weighted by Crippen LogP contribution is 2.35. The maximum absolute atomic E-state index is 12.8. The second-order valence-corrected chi connectivity index (χ2v) is 9.45. The molecule has 6 rings (SSSR count). The predicted molar refractivity (Wildman–Crippen MR) is 135 cm³/mol. The van der Waals surface area contributed by atoms with E-state index in [1.165, 1.54) is 0 Å². The van der Waals surface area contributed by atoms with Gasteiger partial charge in [-0.3, -0.25) is 9.69 Å². The Balaban J connectivity index is 1.17. The molecule has 3 aromatic carbocycles. The Labute approximate surface area is 209 Å². The van der Waals surface area contributed by atoms with Crippen molar-refractivity contribution in [2.75, 3.05) is 6.54 Å². The number of ether oxygens (including phenoxy) is 1. The second-order valence-electron chi connectivity index (χ2n) is 9.45. The summed E-state index contributed by atoms with van der Waals surface area (Å²) in [7, 11) is 0. The number of hydrogen-bond donors (Lipinski definition) is 1. The Kier molecular flexibility index (Phi) is 5.89. The average Bonchev–Trinajstić information content (AvgIpc) is 3.41. The van der Waals surface area contributed by atoms with Crippen LogP contribution in [0.4, 0.5) is 4.79 Å². The molecule has 2 amide bonds. The van der Waals surface area contributed by atoms with E-state index in [-0.39, 0.29) is 24.6 Å². The van der Waals surface area contributed by atoms with Gasteiger partial charge in [0, 0.05) is 18.2 Å². The van der Waals surface area contributed by atoms with Crippen LogP contribution in [0.3, 0.4) is 0 Å². The van der Waals surface area contributed by atoms with Crippen LogP contribution in [0.15, 0.2) is 77.2 Å². The van der Waals surface area contributed by atoms with Crippen LogP contribution in [0, 0.1) is 0 Å². The van der Waals surface area contributed by atoms with Gasteiger partial charge in [0.05, 0.1) is 0 Å². The quantitative estimate of drug-likeness (QED) is 0.373. The fraction of sp³-hybridized carbons (Fsp3) is 0.276. The molecule has 1 atom stereocenters. The van der Waals surface area contributed by atoms with Gasteiger partial charge in [-0.05, 0) is 66.6 Å². The molecule has 2 fully saturated rings. The average molecular weight is 482 g/mol. The van der Waals surface area contributed by atoms with Crippen LogP contribution in [0.1, 0.15) is 53.5 Å². The fourth-order valence-corrected chi connectivity index (χ4v) is 4.62. The number of hydrogen-bond acceptors (Lipinski definition) is 5. The van der Waals surface area contributed by atoms with Gasteiger partial charge < -0.3 is 14.5 Å². The third kappa shape index (κ3) is 4.69. The molecule has 0 spiro atoms. The molecule has 7 nitrogen and oxygen atoms in total. The molecule has 1 unspecified atom stereocenters. The smallest absolute Gasteiger partial charge is 0.410 e. The van der Waals surface area contributed by atoms with Crippen LogP contribution < -0.4 is 5.32 Å². The van der Waals surface area contributed by atoms with Crippen molar-refractivity contribution in [1.82, 2.24) is 15.2 Å². The first-order valence-electron chi connectivity index (χ1n) is 12.4. The van der Waals surface area contributed by atoms with Crippen molar-refractivity contribution in [2.24, 2.45) is 0 Å². The molecule has 1 aliphatic carbocycles. The lowest BCUT2D eigenvalue weighted by Gasteiger charge is -2.21. The summed E-state index contributed by atoms with van der Waals surface area (Å²) in [6.07, 6.45) is 3.43. The summed E-state index contributed by atoms with van der Waals surface area (Å²) in [6, 6.07) is 23.2. The summed E-state index contributed by atoms with van der Waals surface area (Å²) in [5.41, 5.74) is 5.00. The number of likely N-dealkylation sites (tertiary alicyclic amines) is 1. The van der Waals surface area contributed by atoms with Crippen molar-refractivity contribution in [1.29, 1.82) is 0 Å². The number of nitrogens with zero attached hydrogens (tertiary/aromatic N) is 2. The predicted octanol–water partition coefficient (Wildman–Crippen LogP) is 5.86. The first-order valence-corrected chi connectivity index (χ1v) is 12.4. The highest BCUT2D eigenvalue weighted by molar-refractivity contribution is 5.95. The third-order valence-electron chi connectivity index (χ3n) is 6.78. The highest BCUT2D eigenvalue weighted by atomic mass is 16.6. The number of oxazole rings is 1. The molecule has 0 bridgehead atoms. The molecular formula is C29H27N3O4. The first kappa shape index (κ1) is 22.3. The molecule has 182 valence electrons. The van der Waals surface area contributed by atoms with Crippen molar-refractivity contribution >= 4 is 23.1 Å². The largest absolute Gasteiger partial charge is 0.445 e. The molecule has 4 aromatic rings. The van der Waals surface area contributed by atoms with Crippen molar-refractivity contribution < 1.29 is 18.7 Å². The zero-order valence-corrected chi connectivity index (χ0v) is 19.9. The van der Waals surface area contributed by atoms with Crippen molar-refractivity contribution in [3.8, 4) is 11.1 Å². The number of fused-ring (bicyclic) bond motifs is 1. The Morgan fingerprint density at radius 3 is 2.53 bits per heavy atom. The van der Waals surface area contributed by atoms with Gasteiger partial charge in [0.25, 0.3) is 5.91 Å². The number of amides is 2. The molecule has 1 aromatic heterocycles. The summed E-state index contributed by atoms with van der Waals surface area (Å²) in [6.45, 7) is 0.851. The van der Waals surface area contributed by atoms with Gasteiger partial charge >= 0.3 is 6.09 Å². The molecule has 1 aliphatic heterocycles. The van der Waals surface area contributed by atoms with Gasteiger partial charge in [0.2, 0.25) is 5.89 Å². The van der Waals surface area contributed by atoms with E-state index in [0.717, 1.165) is 47.9 Å². The van der Waals surface area contributed by atoms with Crippen LogP contribution in [-0.2, 0) is 11.3 Å². The molecule has 1 saturated heterocycles. The summed E-state index contributed by atoms with van der Waals surface area (Å²) in [5.74, 6) is 0.506. The molecular weight excluding hydrogens is 454 g/mol. The van der Waals surface area contributed by atoms with Gasteiger partial charge in [-0.1, -0.05) is 48.5 Å². The minimum atomic E-state index is -0.352. The molecule has 0 radical (unpaired) electrons. The summed E-state index contributed by atoms with van der Waals surface area (Å²) >= 11 is 0. The summed E-state index contributed by atoms with van der Waals surface area (Å²) in [5, 5.41) is 3.01. The van der Waals surface area contributed by atoms with Crippen molar-refractivity contribution in [2.45, 2.75) is 44.4 Å². The van der Waals surface area contributed by atoms with E-state index in [1.54, 1.807) is 4.90 Å². The van der Waals surface area contributed by atoms with Crippen LogP contribution >= 0.6 is 0 Å². The number of rotatable bonds is 6. The third-order valence-corrected chi connectivity index (χ3v) is 6.78. The van der Waals surface area contributed by atoms with E-state index >= 15 is 0 Å². The molecule has 2 aliphatic rings. The van der Waals surface area contributed by atoms with E-state index < -0.39 is 0 Å². The lowest BCUT2D eigenvalue weighted by molar-refractivity contribution is 0.0880. The Morgan fingerprint density at radius 2 is 1.75 bits per heavy atom. The minimum Gasteiger partial charge on any atom is -0.445 e. The minimum absolute atomic E-state index is 0.0252. The summed E-state index contributed by atoms with van der Waals surface area (Å²) < 4.78 is 11.7. The lowest BCUT2D eigenvalue weighted by Crippen LogP contribution is -2.31. The number of carbonyl (C=O) groups is 2. The van der Waals surface area contributed by atoms with Gasteiger partial charge in [-0.15, -0.1) is 0 Å². The van der Waals surface area contributed by atoms with Crippen LogP contribution in [0.2, 0.25) is 0 Å². The van der Waals surface area contributed by atoms with Crippen molar-refractivity contribution in [3.05, 3.63) is 89.8 Å². The van der Waals surface area contributed by atoms with Crippen LogP contribution in [0.25, 0.3) is 22.2 Å². The molecule has 1 saturated carbocycles. The second kappa shape index (κ2) is 9.49. The standard InChI is InChI=1S/C29H27N3O4/c33-27(30-23-13-14-23)21-10-8-20(9-11-21)22-12-15-24-26(17-22)36-28(31-24)25-7-4-16-32(25)29(34)35-18-19-5-2-1-3-6-19/h1-3,5-6,8-12,15,17,23,25H,4,7,13-14,16,18H2,(H,30,33). The van der Waals surface area contributed by atoms with Crippen LogP contribution in [0.5, 0.6) is 0 Å². The molecule has 7 heteroatoms. The van der Waals surface area contributed by atoms with E-state index in [0.29, 0.717) is 29.6 Å². The van der Waals surface area contributed by atoms with Gasteiger partial charge in [-0.25, -0.2) is 9.78 Å². The lowest BCUT2D eigenvalue weighted by atomic mass is 10.0. The Bertz CT molecular complexity index is 1390. The number of nitrogens with one attached hydrogen (secondary N) is 1. The summed E-state index contributed by atoms with van der Waals surface area (Å²) in [4.78, 5) is 31.5. The Morgan fingerprint density at radius 1 is 0.972 bits per heavy atom. The van der Waals surface area contributed by atoms with Crippen molar-refractivity contribution in [3.63, 3.8) is 0 Å². The molecule has 1 N–H and O–H groups in total. The fourth-order valence-electron chi connectivity index (χ4n) is 4.62. The monoisotopic (exact) mass is 481 g/mol. The maximum atomic E-state index is 12.8. The normalized spacial score (nSPS) is 17.3. The zero-order valence-electron chi connectivity index (χ0n) is 19.9. The van der Waals surface area contributed by atoms with E-state index in [4.69, 9.17) is 9.15 Å². The number of aromatic nitrogens is 1. The number of benzene rings is 3. The SMILES string of the molecule is O=C(NC1CC1)c1ccc(-c2ccc3nc(C4CCCN4C(=O)OCc4ccccc4)oc3c2)cc1. The van der Waals surface area contributed by atoms with E-state index in [2.05, 4.69) is 10.3 Å². The first-order chi connectivity index (χ1) is 17.6. The van der Waals surface area contributed by atoms with E-state index in [9.17, 15) is 9.59 Å². The van der Waals surface area contributed by atoms with E-state index in [1.807, 2.05) is 72.8 Å². The molecule has 36 heavy (non-hydrogen) atoms. The zero-order chi connectivity index (χ0) is 24.5. The van der Waals surface area contributed by atoms with Gasteiger partial charge in [0.1, 0.15) is 18.2 Å². The van der Waals surface area contributed by atoms with Gasteiger partial charge in [0.15, 0.2) is 5.58 Å². The maximum Gasteiger partial charge on any atom is 0.410 e. The Hall–Kier alpha value is -4.13.